The van der Waals surface area contributed by atoms with Gasteiger partial charge in [-0.1, -0.05) is 116 Å². The Morgan fingerprint density at radius 1 is 0.833 bits per heavy atom. The SMILES string of the molecule is CC(C)Cn1ccc2c(NC3C4CCC(CC4)C3C(=O)O)nc(-c3cn(C(c4ccccc4)(c4ccccc4)c4ccccc4)c4ncc(Cl)nc34)nc21. The van der Waals surface area contributed by atoms with E-state index < -0.39 is 17.4 Å². The molecule has 4 aromatic heterocycles. The molecule has 2 bridgehead atoms. The van der Waals surface area contributed by atoms with Crippen LogP contribution in [-0.4, -0.2) is 46.2 Å². The highest BCUT2D eigenvalue weighted by Crippen LogP contribution is 2.48. The van der Waals surface area contributed by atoms with Crippen LogP contribution >= 0.6 is 11.6 Å². The number of carbonyl (C=O) groups is 1. The third-order valence-electron chi connectivity index (χ3n) is 11.6. The first-order valence-electron chi connectivity index (χ1n) is 18.9. The molecule has 3 aliphatic carbocycles. The van der Waals surface area contributed by atoms with Crippen LogP contribution in [0.25, 0.3) is 33.6 Å². The fraction of sp³-hybridized carbons (Fsp3) is 0.295. The van der Waals surface area contributed by atoms with Crippen molar-refractivity contribution in [3.63, 3.8) is 0 Å². The Balaban J connectivity index is 1.32. The van der Waals surface area contributed by atoms with Gasteiger partial charge in [0, 0.05) is 25.0 Å². The zero-order valence-electron chi connectivity index (χ0n) is 30.3. The molecule has 2 atom stereocenters. The predicted octanol–water partition coefficient (Wildman–Crippen LogP) is 9.29. The molecule has 3 aromatic carbocycles. The van der Waals surface area contributed by atoms with Crippen molar-refractivity contribution in [2.24, 2.45) is 23.7 Å². The molecule has 54 heavy (non-hydrogen) atoms. The molecular formula is C44H42ClN7O2. The van der Waals surface area contributed by atoms with Gasteiger partial charge in [0.05, 0.1) is 23.1 Å². The number of nitrogens with one attached hydrogen (secondary N) is 1. The number of fused-ring (bicyclic) bond motifs is 5. The first-order chi connectivity index (χ1) is 26.3. The van der Waals surface area contributed by atoms with E-state index in [1.807, 2.05) is 24.3 Å². The minimum absolute atomic E-state index is 0.157. The van der Waals surface area contributed by atoms with Crippen molar-refractivity contribution >= 4 is 45.6 Å². The molecule has 2 N–H and O–H groups in total. The number of aliphatic carboxylic acids is 1. The molecule has 0 saturated heterocycles. The zero-order chi connectivity index (χ0) is 37.0. The molecule has 0 amide bonds. The maximum Gasteiger partial charge on any atom is 0.308 e. The Labute approximate surface area is 319 Å². The summed E-state index contributed by atoms with van der Waals surface area (Å²) in [6.45, 7) is 5.13. The zero-order valence-corrected chi connectivity index (χ0v) is 31.1. The van der Waals surface area contributed by atoms with E-state index in [4.69, 9.17) is 31.5 Å². The van der Waals surface area contributed by atoms with E-state index in [9.17, 15) is 9.90 Å². The molecule has 0 radical (unpaired) electrons. The third-order valence-corrected chi connectivity index (χ3v) is 11.8. The topological polar surface area (TPSA) is 111 Å². The summed E-state index contributed by atoms with van der Waals surface area (Å²) in [6.07, 6.45) is 9.66. The average molecular weight is 736 g/mol. The number of aromatic nitrogens is 6. The van der Waals surface area contributed by atoms with Crippen LogP contribution in [-0.2, 0) is 16.9 Å². The molecule has 9 nitrogen and oxygen atoms in total. The highest BCUT2D eigenvalue weighted by molar-refractivity contribution is 6.29. The second kappa shape index (κ2) is 13.7. The van der Waals surface area contributed by atoms with Crippen LogP contribution in [0.15, 0.2) is 116 Å². The summed E-state index contributed by atoms with van der Waals surface area (Å²) < 4.78 is 4.35. The van der Waals surface area contributed by atoms with Crippen LogP contribution in [0.4, 0.5) is 5.82 Å². The van der Waals surface area contributed by atoms with E-state index >= 15 is 0 Å². The first-order valence-corrected chi connectivity index (χ1v) is 19.3. The quantitative estimate of drug-likeness (QED) is 0.135. The van der Waals surface area contributed by atoms with Gasteiger partial charge in [-0.25, -0.2) is 19.9 Å². The Morgan fingerprint density at radius 3 is 2.00 bits per heavy atom. The lowest BCUT2D eigenvalue weighted by Crippen LogP contribution is -2.51. The van der Waals surface area contributed by atoms with E-state index in [1.54, 1.807) is 6.20 Å². The summed E-state index contributed by atoms with van der Waals surface area (Å²) in [7, 11) is 0. The van der Waals surface area contributed by atoms with Crippen LogP contribution in [0.5, 0.6) is 0 Å². The number of hydrogen-bond donors (Lipinski definition) is 2. The molecule has 10 rings (SSSR count). The van der Waals surface area contributed by atoms with Crippen LogP contribution in [0.3, 0.4) is 0 Å². The molecule has 3 aliphatic rings. The van der Waals surface area contributed by atoms with Crippen LogP contribution in [0, 0.1) is 23.7 Å². The minimum Gasteiger partial charge on any atom is -0.481 e. The molecule has 7 aromatic rings. The van der Waals surface area contributed by atoms with Crippen molar-refractivity contribution in [3.05, 3.63) is 137 Å². The molecule has 4 heterocycles. The lowest BCUT2D eigenvalue weighted by Gasteiger charge is -2.47. The van der Waals surface area contributed by atoms with E-state index in [-0.39, 0.29) is 23.0 Å². The van der Waals surface area contributed by atoms with Gasteiger partial charge in [-0.15, -0.1) is 0 Å². The number of rotatable bonds is 10. The number of halogens is 1. The molecule has 0 spiro atoms. The maximum atomic E-state index is 12.7. The van der Waals surface area contributed by atoms with Crippen molar-refractivity contribution < 1.29 is 9.90 Å². The second-order valence-electron chi connectivity index (χ2n) is 15.3. The van der Waals surface area contributed by atoms with Crippen LogP contribution < -0.4 is 5.32 Å². The summed E-state index contributed by atoms with van der Waals surface area (Å²) >= 11 is 6.66. The number of benzene rings is 3. The largest absolute Gasteiger partial charge is 0.481 e. The molecule has 3 fully saturated rings. The van der Waals surface area contributed by atoms with Gasteiger partial charge in [0.2, 0.25) is 0 Å². The molecule has 272 valence electrons. The van der Waals surface area contributed by atoms with Gasteiger partial charge >= 0.3 is 5.97 Å². The van der Waals surface area contributed by atoms with Crippen molar-refractivity contribution in [2.45, 2.75) is 57.7 Å². The van der Waals surface area contributed by atoms with Crippen LogP contribution in [0.1, 0.15) is 56.2 Å². The number of hydrogen-bond acceptors (Lipinski definition) is 6. The Hall–Kier alpha value is -5.54. The third kappa shape index (κ3) is 5.64. The second-order valence-corrected chi connectivity index (χ2v) is 15.7. The van der Waals surface area contributed by atoms with Crippen molar-refractivity contribution in [3.8, 4) is 11.4 Å². The number of carboxylic acid groups (broad SMARTS) is 1. The summed E-state index contributed by atoms with van der Waals surface area (Å²) in [6, 6.07) is 33.2. The van der Waals surface area contributed by atoms with E-state index in [0.29, 0.717) is 34.3 Å². The Morgan fingerprint density at radius 2 is 1.43 bits per heavy atom. The fourth-order valence-corrected chi connectivity index (χ4v) is 9.48. The standard InChI is InChI=1S/C44H42ClN7O2/c1-27(2)25-51-23-22-33-39(48-37-29-20-18-28(19-21-29)36(37)43(53)54)49-40(50-41(33)51)34-26-52(42-38(34)47-35(45)24-46-42)44(30-12-6-3-7-13-30,31-14-8-4-9-15-31)32-16-10-5-11-17-32/h3-17,22-24,26-29,36-37H,18-21,25H2,1-2H3,(H,53,54)(H,48,49,50). The van der Waals surface area contributed by atoms with E-state index in [1.165, 1.54) is 0 Å². The van der Waals surface area contributed by atoms with Gasteiger partial charge in [-0.05, 0) is 66.2 Å². The first kappa shape index (κ1) is 34.2. The van der Waals surface area contributed by atoms with Gasteiger partial charge in [-0.2, -0.15) is 0 Å². The van der Waals surface area contributed by atoms with Gasteiger partial charge in [0.25, 0.3) is 0 Å². The molecule has 3 saturated carbocycles. The van der Waals surface area contributed by atoms with Gasteiger partial charge in [0.1, 0.15) is 27.7 Å². The number of carboxylic acids is 1. The highest BCUT2D eigenvalue weighted by atomic mass is 35.5. The van der Waals surface area contributed by atoms with E-state index in [2.05, 4.69) is 113 Å². The van der Waals surface area contributed by atoms with Gasteiger partial charge in [0.15, 0.2) is 11.5 Å². The summed E-state index contributed by atoms with van der Waals surface area (Å²) in [4.78, 5) is 33.2. The molecule has 2 unspecified atom stereocenters. The summed E-state index contributed by atoms with van der Waals surface area (Å²) in [5, 5.41) is 15.3. The normalized spacial score (nSPS) is 19.9. The average Bonchev–Trinajstić information content (AvgIpc) is 3.78. The minimum atomic E-state index is -0.873. The number of nitrogens with zero attached hydrogens (tertiary/aromatic N) is 6. The lowest BCUT2D eigenvalue weighted by molar-refractivity contribution is -0.148. The Kier molecular flexibility index (Phi) is 8.69. The van der Waals surface area contributed by atoms with Gasteiger partial charge < -0.3 is 19.6 Å². The van der Waals surface area contributed by atoms with Crippen molar-refractivity contribution in [2.75, 3.05) is 5.32 Å². The number of anilines is 1. The smallest absolute Gasteiger partial charge is 0.308 e. The fourth-order valence-electron chi connectivity index (χ4n) is 9.35. The Bertz CT molecular complexity index is 2360. The lowest BCUT2D eigenvalue weighted by atomic mass is 9.61. The van der Waals surface area contributed by atoms with Crippen molar-refractivity contribution in [1.29, 1.82) is 0 Å². The van der Waals surface area contributed by atoms with Crippen molar-refractivity contribution in [1.82, 2.24) is 29.1 Å². The van der Waals surface area contributed by atoms with Gasteiger partial charge in [-0.3, -0.25) is 4.79 Å². The molecular weight excluding hydrogens is 694 g/mol. The summed E-state index contributed by atoms with van der Waals surface area (Å²) in [5.74, 6) is 0.677. The molecule has 0 aliphatic heterocycles. The monoisotopic (exact) mass is 735 g/mol. The maximum absolute atomic E-state index is 12.7. The molecule has 10 heteroatoms. The van der Waals surface area contributed by atoms with Crippen LogP contribution in [0.2, 0.25) is 5.15 Å². The summed E-state index contributed by atoms with van der Waals surface area (Å²) in [5.41, 5.74) is 4.90. The predicted molar refractivity (Wildman–Crippen MR) is 212 cm³/mol. The highest BCUT2D eigenvalue weighted by Gasteiger charge is 2.48. The van der Waals surface area contributed by atoms with E-state index in [0.717, 1.165) is 60.0 Å².